The third kappa shape index (κ3) is 3.20. The largest absolute Gasteiger partial charge is 0.382 e. The first-order chi connectivity index (χ1) is 12.3. The molecular formula is C16H11ClFN5O2S. The van der Waals surface area contributed by atoms with Gasteiger partial charge in [-0.1, -0.05) is 23.7 Å². The molecule has 0 radical (unpaired) electrons. The van der Waals surface area contributed by atoms with E-state index in [0.717, 1.165) is 18.2 Å². The summed E-state index contributed by atoms with van der Waals surface area (Å²) in [5.74, 6) is -0.680. The maximum Gasteiger partial charge on any atom is 0.263 e. The number of hydrogen-bond donors (Lipinski definition) is 2. The predicted octanol–water partition coefficient (Wildman–Crippen LogP) is 2.92. The van der Waals surface area contributed by atoms with Gasteiger partial charge in [0.25, 0.3) is 10.0 Å². The van der Waals surface area contributed by atoms with Gasteiger partial charge in [-0.2, -0.15) is 10.4 Å². The van der Waals surface area contributed by atoms with Gasteiger partial charge in [0.2, 0.25) is 0 Å². The lowest BCUT2D eigenvalue weighted by Crippen LogP contribution is -2.16. The minimum Gasteiger partial charge on any atom is -0.382 e. The molecular weight excluding hydrogens is 381 g/mol. The summed E-state index contributed by atoms with van der Waals surface area (Å²) in [6, 6.07) is 11.2. The average Bonchev–Trinajstić information content (AvgIpc) is 2.97. The van der Waals surface area contributed by atoms with E-state index in [-0.39, 0.29) is 22.1 Å². The number of rotatable bonds is 4. The molecule has 26 heavy (non-hydrogen) atoms. The van der Waals surface area contributed by atoms with E-state index in [0.29, 0.717) is 5.69 Å². The highest BCUT2D eigenvalue weighted by Gasteiger charge is 2.21. The number of anilines is 2. The van der Waals surface area contributed by atoms with Gasteiger partial charge in [-0.25, -0.2) is 17.5 Å². The van der Waals surface area contributed by atoms with Crippen LogP contribution >= 0.6 is 11.6 Å². The zero-order valence-corrected chi connectivity index (χ0v) is 14.6. The monoisotopic (exact) mass is 391 g/mol. The smallest absolute Gasteiger partial charge is 0.263 e. The first-order valence-electron chi connectivity index (χ1n) is 7.14. The second-order valence-electron chi connectivity index (χ2n) is 5.16. The van der Waals surface area contributed by atoms with Crippen LogP contribution in [0, 0.1) is 17.1 Å². The highest BCUT2D eigenvalue weighted by Crippen LogP contribution is 2.28. The van der Waals surface area contributed by atoms with Crippen molar-refractivity contribution in [1.29, 1.82) is 5.26 Å². The van der Waals surface area contributed by atoms with Gasteiger partial charge in [0.15, 0.2) is 0 Å². The number of hydrogen-bond acceptors (Lipinski definition) is 5. The van der Waals surface area contributed by atoms with Crippen LogP contribution in [0.3, 0.4) is 0 Å². The fourth-order valence-corrected chi connectivity index (χ4v) is 3.85. The van der Waals surface area contributed by atoms with Crippen LogP contribution in [-0.4, -0.2) is 18.2 Å². The molecule has 132 valence electrons. The maximum atomic E-state index is 13.4. The molecule has 0 aliphatic heterocycles. The molecule has 3 aromatic rings. The lowest BCUT2D eigenvalue weighted by Gasteiger charge is -2.14. The normalized spacial score (nSPS) is 11.1. The fourth-order valence-electron chi connectivity index (χ4n) is 2.26. The van der Waals surface area contributed by atoms with Crippen LogP contribution < -0.4 is 10.5 Å². The average molecular weight is 392 g/mol. The van der Waals surface area contributed by atoms with E-state index >= 15 is 0 Å². The van der Waals surface area contributed by atoms with Crippen molar-refractivity contribution in [2.75, 3.05) is 10.5 Å². The van der Waals surface area contributed by atoms with Gasteiger partial charge < -0.3 is 5.73 Å². The SMILES string of the molecule is N#Cc1cnn(-c2ccccc2NS(=O)(=O)c2cc(F)ccc2Cl)c1N. The molecule has 0 saturated heterocycles. The zero-order valence-electron chi connectivity index (χ0n) is 13.0. The van der Waals surface area contributed by atoms with Gasteiger partial charge in [-0.3, -0.25) is 4.72 Å². The molecule has 0 spiro atoms. The standard InChI is InChI=1S/C16H11ClFN5O2S/c17-12-6-5-11(18)7-15(12)26(24,25)22-13-3-1-2-4-14(13)23-16(20)10(8-19)9-21-23/h1-7,9,22H,20H2. The van der Waals surface area contributed by atoms with Gasteiger partial charge in [-0.15, -0.1) is 0 Å². The molecule has 0 unspecified atom stereocenters. The van der Waals surface area contributed by atoms with E-state index in [2.05, 4.69) is 9.82 Å². The van der Waals surface area contributed by atoms with E-state index in [4.69, 9.17) is 22.6 Å². The van der Waals surface area contributed by atoms with Gasteiger partial charge in [0.1, 0.15) is 28.2 Å². The fraction of sp³-hybridized carbons (Fsp3) is 0. The molecule has 0 bridgehead atoms. The van der Waals surface area contributed by atoms with Gasteiger partial charge in [0.05, 0.1) is 22.6 Å². The van der Waals surface area contributed by atoms with Gasteiger partial charge in [-0.05, 0) is 30.3 Å². The third-order valence-electron chi connectivity index (χ3n) is 3.49. The number of nitrogens with one attached hydrogen (secondary N) is 1. The van der Waals surface area contributed by atoms with Crippen LogP contribution in [0.5, 0.6) is 0 Å². The van der Waals surface area contributed by atoms with E-state index in [1.165, 1.54) is 16.9 Å². The van der Waals surface area contributed by atoms with Gasteiger partial charge >= 0.3 is 0 Å². The summed E-state index contributed by atoms with van der Waals surface area (Å²) in [5, 5.41) is 12.9. The molecule has 1 aromatic heterocycles. The summed E-state index contributed by atoms with van der Waals surface area (Å²) >= 11 is 5.89. The molecule has 3 rings (SSSR count). The maximum absolute atomic E-state index is 13.4. The topological polar surface area (TPSA) is 114 Å². The minimum absolute atomic E-state index is 0.0583. The van der Waals surface area contributed by atoms with Gasteiger partial charge in [0, 0.05) is 0 Å². The van der Waals surface area contributed by atoms with Crippen molar-refractivity contribution in [2.45, 2.75) is 4.90 Å². The van der Waals surface area contributed by atoms with Crippen molar-refractivity contribution in [2.24, 2.45) is 0 Å². The quantitative estimate of drug-likeness (QED) is 0.709. The van der Waals surface area contributed by atoms with Crippen LogP contribution in [0.15, 0.2) is 53.6 Å². The Morgan fingerprint density at radius 3 is 2.69 bits per heavy atom. The second kappa shape index (κ2) is 6.67. The van der Waals surface area contributed by atoms with Crippen molar-refractivity contribution in [3.63, 3.8) is 0 Å². The Balaban J connectivity index is 2.08. The Morgan fingerprint density at radius 2 is 2.00 bits per heavy atom. The van der Waals surface area contributed by atoms with Crippen molar-refractivity contribution in [1.82, 2.24) is 9.78 Å². The summed E-state index contributed by atoms with van der Waals surface area (Å²) in [5.41, 5.74) is 6.44. The third-order valence-corrected chi connectivity index (χ3v) is 5.33. The molecule has 0 amide bonds. The Kier molecular flexibility index (Phi) is 4.54. The lowest BCUT2D eigenvalue weighted by molar-refractivity contribution is 0.595. The Bertz CT molecular complexity index is 1140. The summed E-state index contributed by atoms with van der Waals surface area (Å²) in [6.45, 7) is 0. The molecule has 7 nitrogen and oxygen atoms in total. The van der Waals surface area contributed by atoms with Crippen molar-refractivity contribution in [3.05, 3.63) is 65.1 Å². The first kappa shape index (κ1) is 17.7. The molecule has 0 saturated carbocycles. The van der Waals surface area contributed by atoms with E-state index < -0.39 is 20.7 Å². The first-order valence-corrected chi connectivity index (χ1v) is 9.00. The second-order valence-corrected chi connectivity index (χ2v) is 7.22. The van der Waals surface area contributed by atoms with Crippen LogP contribution in [0.2, 0.25) is 5.02 Å². The molecule has 0 fully saturated rings. The number of benzene rings is 2. The number of nitrogens with zero attached hydrogens (tertiary/aromatic N) is 3. The summed E-state index contributed by atoms with van der Waals surface area (Å²) in [4.78, 5) is -0.403. The van der Waals surface area contributed by atoms with Crippen LogP contribution in [-0.2, 0) is 10.0 Å². The summed E-state index contributed by atoms with van der Waals surface area (Å²) < 4.78 is 42.3. The molecule has 3 N–H and O–H groups in total. The Morgan fingerprint density at radius 1 is 1.27 bits per heavy atom. The number of nitriles is 1. The Labute approximate surface area is 153 Å². The van der Waals surface area contributed by atoms with Crippen LogP contribution in [0.4, 0.5) is 15.9 Å². The molecule has 10 heteroatoms. The highest BCUT2D eigenvalue weighted by molar-refractivity contribution is 7.92. The number of nitrogen functional groups attached to an aromatic ring is 1. The summed E-state index contributed by atoms with van der Waals surface area (Å²) in [6.07, 6.45) is 1.27. The number of halogens is 2. The lowest BCUT2D eigenvalue weighted by atomic mass is 10.2. The van der Waals surface area contributed by atoms with Crippen LogP contribution in [0.1, 0.15) is 5.56 Å². The van der Waals surface area contributed by atoms with E-state index in [1.54, 1.807) is 18.2 Å². The number of sulfonamides is 1. The Hall–Kier alpha value is -3.09. The highest BCUT2D eigenvalue weighted by atomic mass is 35.5. The molecule has 2 aromatic carbocycles. The molecule has 1 heterocycles. The van der Waals surface area contributed by atoms with Crippen molar-refractivity contribution >= 4 is 33.1 Å². The molecule has 0 aliphatic carbocycles. The number of nitrogens with two attached hydrogens (primary N) is 1. The number of para-hydroxylation sites is 2. The number of aromatic nitrogens is 2. The van der Waals surface area contributed by atoms with Crippen molar-refractivity contribution in [3.8, 4) is 11.8 Å². The van der Waals surface area contributed by atoms with E-state index in [9.17, 15) is 12.8 Å². The minimum atomic E-state index is -4.18. The predicted molar refractivity (Wildman–Crippen MR) is 94.9 cm³/mol. The van der Waals surface area contributed by atoms with Crippen LogP contribution in [0.25, 0.3) is 5.69 Å². The zero-order chi connectivity index (χ0) is 18.9. The van der Waals surface area contributed by atoms with Crippen molar-refractivity contribution < 1.29 is 12.8 Å². The molecule has 0 atom stereocenters. The van der Waals surface area contributed by atoms with E-state index in [1.807, 2.05) is 6.07 Å². The molecule has 0 aliphatic rings. The summed E-state index contributed by atoms with van der Waals surface area (Å²) in [7, 11) is -4.18.